The van der Waals surface area contributed by atoms with Gasteiger partial charge in [-0.05, 0) is 43.5 Å². The highest BCUT2D eigenvalue weighted by Gasteiger charge is 2.38. The molecule has 0 aliphatic carbocycles. The van der Waals surface area contributed by atoms with Crippen LogP contribution in [0.25, 0.3) is 0 Å². The molecular weight excluding hydrogens is 320 g/mol. The fraction of sp³-hybridized carbons (Fsp3) is 0.467. The zero-order valence-corrected chi connectivity index (χ0v) is 12.8. The average Bonchev–Trinajstić information content (AvgIpc) is 2.85. The SMILES string of the molecule is O=C([C@H]1CCCN1C(=O)c1ccc(Br)cc1)N1CCC1. The van der Waals surface area contributed by atoms with E-state index in [1.165, 1.54) is 0 Å². The van der Waals surface area contributed by atoms with E-state index in [2.05, 4.69) is 15.9 Å². The topological polar surface area (TPSA) is 40.6 Å². The minimum absolute atomic E-state index is 0.0335. The van der Waals surface area contributed by atoms with Gasteiger partial charge in [0.15, 0.2) is 0 Å². The van der Waals surface area contributed by atoms with Crippen LogP contribution in [0.1, 0.15) is 29.6 Å². The summed E-state index contributed by atoms with van der Waals surface area (Å²) in [4.78, 5) is 28.5. The fourth-order valence-electron chi connectivity index (χ4n) is 2.77. The van der Waals surface area contributed by atoms with Gasteiger partial charge in [0.2, 0.25) is 5.91 Å². The highest BCUT2D eigenvalue weighted by atomic mass is 79.9. The number of amides is 2. The van der Waals surface area contributed by atoms with Crippen molar-refractivity contribution in [1.82, 2.24) is 9.80 Å². The molecular formula is C15H17BrN2O2. The van der Waals surface area contributed by atoms with Crippen molar-refractivity contribution < 1.29 is 9.59 Å². The summed E-state index contributed by atoms with van der Waals surface area (Å²) in [7, 11) is 0. The minimum Gasteiger partial charge on any atom is -0.341 e. The zero-order chi connectivity index (χ0) is 14.1. The summed E-state index contributed by atoms with van der Waals surface area (Å²) in [6.07, 6.45) is 2.78. The molecule has 2 saturated heterocycles. The Labute approximate surface area is 126 Å². The van der Waals surface area contributed by atoms with Crippen LogP contribution >= 0.6 is 15.9 Å². The lowest BCUT2D eigenvalue weighted by atomic mass is 10.1. The van der Waals surface area contributed by atoms with Gasteiger partial charge in [-0.1, -0.05) is 15.9 Å². The molecule has 1 atom stereocenters. The Morgan fingerprint density at radius 2 is 1.75 bits per heavy atom. The van der Waals surface area contributed by atoms with Crippen molar-refractivity contribution >= 4 is 27.7 Å². The molecule has 3 rings (SSSR count). The van der Waals surface area contributed by atoms with Crippen LogP contribution < -0.4 is 0 Å². The summed E-state index contributed by atoms with van der Waals surface area (Å²) >= 11 is 3.36. The van der Waals surface area contributed by atoms with Gasteiger partial charge in [0.25, 0.3) is 5.91 Å². The van der Waals surface area contributed by atoms with E-state index < -0.39 is 0 Å². The molecule has 0 saturated carbocycles. The second kappa shape index (κ2) is 5.56. The largest absolute Gasteiger partial charge is 0.341 e. The van der Waals surface area contributed by atoms with Crippen LogP contribution in [0, 0.1) is 0 Å². The molecule has 0 unspecified atom stereocenters. The lowest BCUT2D eigenvalue weighted by Gasteiger charge is -2.35. The third kappa shape index (κ3) is 2.46. The molecule has 4 nitrogen and oxygen atoms in total. The number of halogens is 1. The van der Waals surface area contributed by atoms with Crippen molar-refractivity contribution in [1.29, 1.82) is 0 Å². The van der Waals surface area contributed by atoms with E-state index in [0.29, 0.717) is 12.1 Å². The zero-order valence-electron chi connectivity index (χ0n) is 11.2. The number of carbonyl (C=O) groups is 2. The normalized spacial score (nSPS) is 21.8. The molecule has 0 radical (unpaired) electrons. The Hall–Kier alpha value is -1.36. The predicted molar refractivity (Wildman–Crippen MR) is 79.4 cm³/mol. The molecule has 2 amide bonds. The first kappa shape index (κ1) is 13.6. The maximum Gasteiger partial charge on any atom is 0.254 e. The fourth-order valence-corrected chi connectivity index (χ4v) is 3.04. The summed E-state index contributed by atoms with van der Waals surface area (Å²) in [6, 6.07) is 7.06. The summed E-state index contributed by atoms with van der Waals surface area (Å²) in [5.74, 6) is 0.0908. The molecule has 0 spiro atoms. The first-order valence-corrected chi connectivity index (χ1v) is 7.81. The monoisotopic (exact) mass is 336 g/mol. The van der Waals surface area contributed by atoms with Gasteiger partial charge in [-0.2, -0.15) is 0 Å². The van der Waals surface area contributed by atoms with Gasteiger partial charge in [0, 0.05) is 29.7 Å². The second-order valence-electron chi connectivity index (χ2n) is 5.34. The number of likely N-dealkylation sites (tertiary alicyclic amines) is 2. The van der Waals surface area contributed by atoms with Crippen LogP contribution in [0.4, 0.5) is 0 Å². The van der Waals surface area contributed by atoms with Crippen LogP contribution in [0.2, 0.25) is 0 Å². The molecule has 0 aromatic heterocycles. The van der Waals surface area contributed by atoms with Gasteiger partial charge >= 0.3 is 0 Å². The van der Waals surface area contributed by atoms with Crippen LogP contribution in [0.15, 0.2) is 28.7 Å². The first-order chi connectivity index (χ1) is 9.66. The number of rotatable bonds is 2. The molecule has 1 aromatic carbocycles. The van der Waals surface area contributed by atoms with E-state index in [0.717, 1.165) is 36.8 Å². The second-order valence-corrected chi connectivity index (χ2v) is 6.26. The molecule has 1 aromatic rings. The van der Waals surface area contributed by atoms with Gasteiger partial charge < -0.3 is 9.80 Å². The molecule has 2 fully saturated rings. The van der Waals surface area contributed by atoms with Crippen molar-refractivity contribution in [2.45, 2.75) is 25.3 Å². The van der Waals surface area contributed by atoms with Crippen molar-refractivity contribution in [3.63, 3.8) is 0 Å². The number of nitrogens with zero attached hydrogens (tertiary/aromatic N) is 2. The van der Waals surface area contributed by atoms with Crippen molar-refractivity contribution in [2.24, 2.45) is 0 Å². The molecule has 2 aliphatic rings. The third-order valence-corrected chi connectivity index (χ3v) is 4.59. The van der Waals surface area contributed by atoms with Crippen LogP contribution in [-0.4, -0.2) is 47.3 Å². The molecule has 2 heterocycles. The minimum atomic E-state index is -0.258. The quantitative estimate of drug-likeness (QED) is 0.831. The predicted octanol–water partition coefficient (Wildman–Crippen LogP) is 2.29. The van der Waals surface area contributed by atoms with Gasteiger partial charge in [0.05, 0.1) is 0 Å². The first-order valence-electron chi connectivity index (χ1n) is 7.02. The van der Waals surface area contributed by atoms with Gasteiger partial charge in [0.1, 0.15) is 6.04 Å². The van der Waals surface area contributed by atoms with Crippen molar-refractivity contribution in [2.75, 3.05) is 19.6 Å². The highest BCUT2D eigenvalue weighted by Crippen LogP contribution is 2.24. The van der Waals surface area contributed by atoms with Gasteiger partial charge in [-0.3, -0.25) is 9.59 Å². The molecule has 0 N–H and O–H groups in total. The Morgan fingerprint density at radius 1 is 1.05 bits per heavy atom. The number of hydrogen-bond acceptors (Lipinski definition) is 2. The Bertz CT molecular complexity index is 525. The molecule has 106 valence electrons. The van der Waals surface area contributed by atoms with E-state index >= 15 is 0 Å². The lowest BCUT2D eigenvalue weighted by molar-refractivity contribution is -0.138. The van der Waals surface area contributed by atoms with E-state index in [1.54, 1.807) is 17.0 Å². The van der Waals surface area contributed by atoms with Gasteiger partial charge in [-0.15, -0.1) is 0 Å². The Kier molecular flexibility index (Phi) is 3.78. The molecule has 5 heteroatoms. The Balaban J connectivity index is 1.75. The third-order valence-electron chi connectivity index (χ3n) is 4.06. The van der Waals surface area contributed by atoms with Crippen LogP contribution in [-0.2, 0) is 4.79 Å². The van der Waals surface area contributed by atoms with Crippen LogP contribution in [0.3, 0.4) is 0 Å². The van der Waals surface area contributed by atoms with E-state index in [4.69, 9.17) is 0 Å². The number of carbonyl (C=O) groups excluding carboxylic acids is 2. The molecule has 20 heavy (non-hydrogen) atoms. The van der Waals surface area contributed by atoms with E-state index in [1.807, 2.05) is 17.0 Å². The maximum absolute atomic E-state index is 12.5. The Morgan fingerprint density at radius 3 is 2.35 bits per heavy atom. The summed E-state index contributed by atoms with van der Waals surface area (Å²) in [5.41, 5.74) is 0.650. The summed E-state index contributed by atoms with van der Waals surface area (Å²) in [6.45, 7) is 2.37. The molecule has 2 aliphatic heterocycles. The number of benzene rings is 1. The van der Waals surface area contributed by atoms with Crippen molar-refractivity contribution in [3.8, 4) is 0 Å². The standard InChI is InChI=1S/C15H17BrN2O2/c16-12-6-4-11(5-7-12)14(19)18-10-1-3-13(18)15(20)17-8-2-9-17/h4-7,13H,1-3,8-10H2/t13-/m1/s1. The number of hydrogen-bond donors (Lipinski definition) is 0. The maximum atomic E-state index is 12.5. The van der Waals surface area contributed by atoms with E-state index in [9.17, 15) is 9.59 Å². The highest BCUT2D eigenvalue weighted by molar-refractivity contribution is 9.10. The van der Waals surface area contributed by atoms with E-state index in [-0.39, 0.29) is 17.9 Å². The summed E-state index contributed by atoms with van der Waals surface area (Å²) < 4.78 is 0.948. The van der Waals surface area contributed by atoms with Gasteiger partial charge in [-0.25, -0.2) is 0 Å². The van der Waals surface area contributed by atoms with Crippen molar-refractivity contribution in [3.05, 3.63) is 34.3 Å². The molecule has 0 bridgehead atoms. The van der Waals surface area contributed by atoms with Crippen LogP contribution in [0.5, 0.6) is 0 Å². The summed E-state index contributed by atoms with van der Waals surface area (Å²) in [5, 5.41) is 0. The average molecular weight is 337 g/mol. The lowest BCUT2D eigenvalue weighted by Crippen LogP contribution is -2.52. The smallest absolute Gasteiger partial charge is 0.254 e.